The van der Waals surface area contributed by atoms with Crippen LogP contribution in [-0.2, 0) is 14.3 Å². The van der Waals surface area contributed by atoms with Gasteiger partial charge in [-0.3, -0.25) is 19.2 Å². The zero-order chi connectivity index (χ0) is 27.6. The smallest absolute Gasteiger partial charge is 0.241 e. The van der Waals surface area contributed by atoms with Crippen molar-refractivity contribution in [3.63, 3.8) is 0 Å². The van der Waals surface area contributed by atoms with Gasteiger partial charge in [0.1, 0.15) is 11.5 Å². The van der Waals surface area contributed by atoms with Crippen molar-refractivity contribution in [1.29, 1.82) is 0 Å². The van der Waals surface area contributed by atoms with Gasteiger partial charge in [0, 0.05) is 16.1 Å². The van der Waals surface area contributed by atoms with Crippen LogP contribution in [0.4, 0.5) is 5.69 Å². The molecule has 2 heterocycles. The van der Waals surface area contributed by atoms with Crippen LogP contribution in [0.1, 0.15) is 32.4 Å². The van der Waals surface area contributed by atoms with Crippen LogP contribution in [0.25, 0.3) is 0 Å². The average Bonchev–Trinajstić information content (AvgIpc) is 3.55. The Morgan fingerprint density at radius 3 is 1.82 bits per heavy atom. The topological polar surface area (TPSA) is 90.0 Å². The van der Waals surface area contributed by atoms with E-state index in [9.17, 15) is 19.2 Å². The Morgan fingerprint density at radius 1 is 0.675 bits per heavy atom. The number of amides is 2. The van der Waals surface area contributed by atoms with E-state index in [2.05, 4.69) is 0 Å². The van der Waals surface area contributed by atoms with Crippen molar-refractivity contribution < 1.29 is 28.7 Å². The fourth-order valence-corrected chi connectivity index (χ4v) is 6.14. The number of anilines is 1. The third kappa shape index (κ3) is 3.41. The van der Waals surface area contributed by atoms with Crippen LogP contribution in [0, 0.1) is 11.8 Å². The highest BCUT2D eigenvalue weighted by atomic mass is 35.5. The maximum Gasteiger partial charge on any atom is 0.241 e. The van der Waals surface area contributed by atoms with Gasteiger partial charge in [-0.2, -0.15) is 0 Å². The molecule has 4 aromatic carbocycles. The van der Waals surface area contributed by atoms with Gasteiger partial charge in [0.25, 0.3) is 0 Å². The van der Waals surface area contributed by atoms with Gasteiger partial charge in [0.15, 0.2) is 0 Å². The van der Waals surface area contributed by atoms with E-state index >= 15 is 0 Å². The summed E-state index contributed by atoms with van der Waals surface area (Å²) in [5.74, 6) is -3.64. The quantitative estimate of drug-likeness (QED) is 0.235. The maximum atomic E-state index is 14.1. The minimum atomic E-state index is -2.10. The molecular formula is C32H20ClNO6. The van der Waals surface area contributed by atoms with Crippen LogP contribution < -0.4 is 9.64 Å². The Morgan fingerprint density at radius 2 is 1.23 bits per heavy atom. The number of ketones is 2. The molecule has 2 saturated heterocycles. The number of imide groups is 1. The molecule has 2 aliphatic heterocycles. The maximum absolute atomic E-state index is 14.1. The highest BCUT2D eigenvalue weighted by Gasteiger charge is 2.74. The van der Waals surface area contributed by atoms with Crippen molar-refractivity contribution in [2.45, 2.75) is 11.7 Å². The molecule has 40 heavy (non-hydrogen) atoms. The van der Waals surface area contributed by atoms with Gasteiger partial charge < -0.3 is 9.47 Å². The number of fused-ring (bicyclic) bond motifs is 3. The highest BCUT2D eigenvalue weighted by Crippen LogP contribution is 2.57. The molecule has 1 spiro atoms. The second kappa shape index (κ2) is 8.98. The molecule has 3 atom stereocenters. The van der Waals surface area contributed by atoms with E-state index in [1.165, 1.54) is 0 Å². The van der Waals surface area contributed by atoms with E-state index in [0.29, 0.717) is 27.8 Å². The standard InChI is InChI=1S/C32H20ClNO6/c33-19-10-14-21(15-11-19)39-22-16-12-20(13-17-22)34-30(37)25-26(31(34)38)32(40-27(25)18-6-2-1-3-7-18)28(35)23-8-4-5-9-24(23)29(32)36/h1-17,25-27H/t25-,26+,27+/m0/s1. The van der Waals surface area contributed by atoms with E-state index < -0.39 is 46.9 Å². The molecule has 4 aromatic rings. The number of nitrogens with zero attached hydrogens (tertiary/aromatic N) is 1. The molecule has 2 amide bonds. The molecule has 8 heteroatoms. The third-order valence-corrected chi connectivity index (χ3v) is 8.04. The lowest BCUT2D eigenvalue weighted by atomic mass is 9.77. The number of hydrogen-bond acceptors (Lipinski definition) is 6. The second-order valence-electron chi connectivity index (χ2n) is 9.95. The molecular weight excluding hydrogens is 530 g/mol. The number of ether oxygens (including phenoxy) is 2. The normalized spacial score (nSPS) is 22.6. The van der Waals surface area contributed by atoms with Gasteiger partial charge in [-0.1, -0.05) is 66.2 Å². The fourth-order valence-electron chi connectivity index (χ4n) is 6.02. The third-order valence-electron chi connectivity index (χ3n) is 7.79. The Balaban J connectivity index is 1.28. The first-order valence-corrected chi connectivity index (χ1v) is 13.1. The zero-order valence-electron chi connectivity index (χ0n) is 20.8. The predicted molar refractivity (Wildman–Crippen MR) is 146 cm³/mol. The van der Waals surface area contributed by atoms with Crippen molar-refractivity contribution >= 4 is 40.7 Å². The number of benzene rings is 4. The first-order chi connectivity index (χ1) is 19.4. The summed E-state index contributed by atoms with van der Waals surface area (Å²) in [4.78, 5) is 56.8. The molecule has 0 saturated carbocycles. The molecule has 1 aliphatic carbocycles. The minimum absolute atomic E-state index is 0.197. The number of rotatable bonds is 4. The van der Waals surface area contributed by atoms with Crippen LogP contribution in [0.15, 0.2) is 103 Å². The Hall–Kier alpha value is -4.59. The van der Waals surface area contributed by atoms with Crippen molar-refractivity contribution in [2.75, 3.05) is 4.90 Å². The second-order valence-corrected chi connectivity index (χ2v) is 10.4. The van der Waals surface area contributed by atoms with E-state index in [-0.39, 0.29) is 11.1 Å². The Bertz CT molecular complexity index is 1660. The molecule has 7 rings (SSSR count). The van der Waals surface area contributed by atoms with Crippen LogP contribution in [0.3, 0.4) is 0 Å². The largest absolute Gasteiger partial charge is 0.457 e. The van der Waals surface area contributed by atoms with E-state index in [1.54, 1.807) is 97.1 Å². The lowest BCUT2D eigenvalue weighted by Crippen LogP contribution is -2.51. The number of carbonyl (C=O) groups is 4. The first kappa shape index (κ1) is 24.5. The minimum Gasteiger partial charge on any atom is -0.457 e. The predicted octanol–water partition coefficient (Wildman–Crippen LogP) is 5.83. The van der Waals surface area contributed by atoms with Crippen LogP contribution in [-0.4, -0.2) is 29.0 Å². The van der Waals surface area contributed by atoms with E-state index in [4.69, 9.17) is 21.1 Å². The van der Waals surface area contributed by atoms with Crippen molar-refractivity contribution in [3.8, 4) is 11.5 Å². The number of carbonyl (C=O) groups excluding carboxylic acids is 4. The first-order valence-electron chi connectivity index (χ1n) is 12.7. The summed E-state index contributed by atoms with van der Waals surface area (Å²) in [5, 5.41) is 0.581. The number of Topliss-reactive ketones (excluding diaryl/α,β-unsaturated/α-hetero) is 2. The fraction of sp³-hybridized carbons (Fsp3) is 0.125. The van der Waals surface area contributed by atoms with E-state index in [1.807, 2.05) is 6.07 Å². The lowest BCUT2D eigenvalue weighted by Gasteiger charge is -2.27. The van der Waals surface area contributed by atoms with Crippen molar-refractivity contribution in [3.05, 3.63) is 125 Å². The van der Waals surface area contributed by atoms with Crippen LogP contribution in [0.5, 0.6) is 11.5 Å². The van der Waals surface area contributed by atoms with Gasteiger partial charge >= 0.3 is 0 Å². The molecule has 3 aliphatic rings. The summed E-state index contributed by atoms with van der Waals surface area (Å²) in [5.41, 5.74) is -0.788. The van der Waals surface area contributed by atoms with Crippen LogP contribution in [0.2, 0.25) is 5.02 Å². The SMILES string of the molecule is O=C1[C@@H]2[C@@H](c3ccccc3)OC3(C(=O)c4ccccc4C3=O)[C@H]2C(=O)N1c1ccc(Oc2ccc(Cl)cc2)cc1. The lowest BCUT2D eigenvalue weighted by molar-refractivity contribution is -0.127. The number of halogens is 1. The summed E-state index contributed by atoms with van der Waals surface area (Å²) >= 11 is 5.94. The van der Waals surface area contributed by atoms with Crippen LogP contribution >= 0.6 is 11.6 Å². The monoisotopic (exact) mass is 549 g/mol. The number of hydrogen-bond donors (Lipinski definition) is 0. The van der Waals surface area contributed by atoms with Crippen molar-refractivity contribution in [1.82, 2.24) is 0 Å². The van der Waals surface area contributed by atoms with Gasteiger partial charge in [0.05, 0.1) is 23.6 Å². The summed E-state index contributed by atoms with van der Waals surface area (Å²) in [6.45, 7) is 0. The molecule has 0 radical (unpaired) electrons. The summed E-state index contributed by atoms with van der Waals surface area (Å²) < 4.78 is 12.1. The summed E-state index contributed by atoms with van der Waals surface area (Å²) in [7, 11) is 0. The highest BCUT2D eigenvalue weighted by molar-refractivity contribution is 6.37. The van der Waals surface area contributed by atoms with Gasteiger partial charge in [0.2, 0.25) is 29.0 Å². The summed E-state index contributed by atoms with van der Waals surface area (Å²) in [6, 6.07) is 28.7. The van der Waals surface area contributed by atoms with Gasteiger partial charge in [-0.15, -0.1) is 0 Å². The Kier molecular flexibility index (Phi) is 5.49. The zero-order valence-corrected chi connectivity index (χ0v) is 21.6. The molecule has 7 nitrogen and oxygen atoms in total. The molecule has 0 aromatic heterocycles. The van der Waals surface area contributed by atoms with Gasteiger partial charge in [-0.25, -0.2) is 4.90 Å². The Labute approximate surface area is 233 Å². The summed E-state index contributed by atoms with van der Waals surface area (Å²) in [6.07, 6.45) is -0.956. The average molecular weight is 550 g/mol. The molecule has 0 bridgehead atoms. The van der Waals surface area contributed by atoms with Crippen molar-refractivity contribution in [2.24, 2.45) is 11.8 Å². The molecule has 196 valence electrons. The molecule has 2 fully saturated rings. The van der Waals surface area contributed by atoms with E-state index in [0.717, 1.165) is 4.90 Å². The molecule has 0 N–H and O–H groups in total. The van der Waals surface area contributed by atoms with Gasteiger partial charge in [-0.05, 0) is 54.1 Å². The molecule has 0 unspecified atom stereocenters.